The van der Waals surface area contributed by atoms with E-state index in [4.69, 9.17) is 0 Å². The first-order valence-corrected chi connectivity index (χ1v) is 6.16. The highest BCUT2D eigenvalue weighted by Gasteiger charge is 2.38. The van der Waals surface area contributed by atoms with E-state index in [1.54, 1.807) is 24.3 Å². The van der Waals surface area contributed by atoms with Crippen molar-refractivity contribution < 1.29 is 18.0 Å². The van der Waals surface area contributed by atoms with Crippen molar-refractivity contribution in [2.24, 2.45) is 0 Å². The van der Waals surface area contributed by atoms with Crippen LogP contribution in [0.1, 0.15) is 16.2 Å². The number of carbonyl (C=O) groups is 1. The maximum Gasteiger partial charge on any atom is 0.453 e. The molecular formula is C11H5F3N4OS. The van der Waals surface area contributed by atoms with E-state index in [0.29, 0.717) is 26.9 Å². The Morgan fingerprint density at radius 3 is 2.45 bits per heavy atom. The van der Waals surface area contributed by atoms with Gasteiger partial charge in [0.1, 0.15) is 11.3 Å². The predicted octanol–water partition coefficient (Wildman–Crippen LogP) is 2.68. The number of carbonyl (C=O) groups excluding carboxylic acids is 1. The van der Waals surface area contributed by atoms with Gasteiger partial charge in [0.25, 0.3) is 5.82 Å². The molecule has 0 radical (unpaired) electrons. The molecule has 2 heterocycles. The number of benzene rings is 1. The number of halogens is 3. The summed E-state index contributed by atoms with van der Waals surface area (Å²) in [6.45, 7) is 0. The molecule has 0 fully saturated rings. The topological polar surface area (TPSA) is 60.2 Å². The van der Waals surface area contributed by atoms with Crippen LogP contribution in [0.5, 0.6) is 0 Å². The average Bonchev–Trinajstić information content (AvgIpc) is 2.97. The minimum Gasteiger partial charge on any atom is -0.298 e. The molecule has 3 aromatic rings. The lowest BCUT2D eigenvalue weighted by molar-refractivity contribution is -0.146. The Balaban J connectivity index is 2.08. The molecule has 0 aliphatic heterocycles. The van der Waals surface area contributed by atoms with Gasteiger partial charge in [0.05, 0.1) is 0 Å². The van der Waals surface area contributed by atoms with Crippen LogP contribution in [0, 0.1) is 0 Å². The van der Waals surface area contributed by atoms with E-state index in [0.717, 1.165) is 11.3 Å². The van der Waals surface area contributed by atoms with Crippen LogP contribution in [0.15, 0.2) is 24.3 Å². The van der Waals surface area contributed by atoms with Gasteiger partial charge in [0.15, 0.2) is 0 Å². The molecular weight excluding hydrogens is 293 g/mol. The van der Waals surface area contributed by atoms with E-state index in [1.165, 1.54) is 0 Å². The average molecular weight is 298 g/mol. The molecule has 2 aromatic heterocycles. The van der Waals surface area contributed by atoms with Crippen molar-refractivity contribution in [2.75, 3.05) is 0 Å². The number of fused-ring (bicyclic) bond motifs is 1. The van der Waals surface area contributed by atoms with E-state index >= 15 is 0 Å². The summed E-state index contributed by atoms with van der Waals surface area (Å²) in [5.74, 6) is -1.15. The van der Waals surface area contributed by atoms with Crippen molar-refractivity contribution in [3.63, 3.8) is 0 Å². The van der Waals surface area contributed by atoms with Crippen LogP contribution in [0.4, 0.5) is 13.2 Å². The number of hydrogen-bond acceptors (Lipinski definition) is 5. The van der Waals surface area contributed by atoms with E-state index in [9.17, 15) is 18.0 Å². The standard InChI is InChI=1S/C11H5F3N4OS/c12-11(13,14)9-15-16-10-18(9)17-8(20-10)7-3-1-6(5-19)2-4-7/h1-5H. The molecule has 1 aromatic carbocycles. The van der Waals surface area contributed by atoms with Crippen LogP contribution >= 0.6 is 11.3 Å². The third-order valence-electron chi connectivity index (χ3n) is 2.54. The monoisotopic (exact) mass is 298 g/mol. The third-order valence-corrected chi connectivity index (χ3v) is 3.49. The molecule has 0 aliphatic carbocycles. The summed E-state index contributed by atoms with van der Waals surface area (Å²) in [4.78, 5) is 10.6. The molecule has 0 bridgehead atoms. The highest BCUT2D eigenvalue weighted by Crippen LogP contribution is 2.31. The molecule has 0 saturated heterocycles. The van der Waals surface area contributed by atoms with Gasteiger partial charge in [-0.1, -0.05) is 35.6 Å². The lowest BCUT2D eigenvalue weighted by atomic mass is 10.2. The van der Waals surface area contributed by atoms with Gasteiger partial charge in [-0.05, 0) is 0 Å². The fourth-order valence-electron chi connectivity index (χ4n) is 1.61. The number of hydrogen-bond donors (Lipinski definition) is 0. The van der Waals surface area contributed by atoms with Crippen LogP contribution < -0.4 is 0 Å². The summed E-state index contributed by atoms with van der Waals surface area (Å²) in [5.41, 5.74) is 1.09. The Kier molecular flexibility index (Phi) is 2.78. The Labute approximate surface area is 113 Å². The molecule has 0 unspecified atom stereocenters. The Morgan fingerprint density at radius 1 is 1.15 bits per heavy atom. The second-order valence-electron chi connectivity index (χ2n) is 3.86. The molecule has 0 saturated carbocycles. The molecule has 0 spiro atoms. The van der Waals surface area contributed by atoms with Gasteiger partial charge in [0, 0.05) is 11.1 Å². The van der Waals surface area contributed by atoms with E-state index in [1.807, 2.05) is 0 Å². The lowest BCUT2D eigenvalue weighted by Crippen LogP contribution is -2.11. The van der Waals surface area contributed by atoms with Gasteiger partial charge in [-0.2, -0.15) is 22.8 Å². The molecule has 0 N–H and O–H groups in total. The molecule has 0 atom stereocenters. The zero-order valence-corrected chi connectivity index (χ0v) is 10.4. The van der Waals surface area contributed by atoms with Crippen molar-refractivity contribution in [1.29, 1.82) is 0 Å². The summed E-state index contributed by atoms with van der Waals surface area (Å²) in [5, 5.41) is 10.8. The number of aromatic nitrogens is 4. The fourth-order valence-corrected chi connectivity index (χ4v) is 2.46. The minimum absolute atomic E-state index is 0.0618. The van der Waals surface area contributed by atoms with Crippen molar-refractivity contribution in [3.05, 3.63) is 35.7 Å². The van der Waals surface area contributed by atoms with Gasteiger partial charge in [-0.25, -0.2) is 0 Å². The molecule has 0 aliphatic rings. The third kappa shape index (κ3) is 2.05. The minimum atomic E-state index is -4.61. The maximum absolute atomic E-state index is 12.7. The highest BCUT2D eigenvalue weighted by atomic mass is 32.1. The van der Waals surface area contributed by atoms with E-state index in [-0.39, 0.29) is 4.96 Å². The normalized spacial score (nSPS) is 11.9. The molecule has 102 valence electrons. The van der Waals surface area contributed by atoms with Gasteiger partial charge in [0.2, 0.25) is 4.96 Å². The van der Waals surface area contributed by atoms with Crippen molar-refractivity contribution in [2.45, 2.75) is 6.18 Å². The Bertz CT molecular complexity index is 775. The molecule has 9 heteroatoms. The summed E-state index contributed by atoms with van der Waals surface area (Å²) in [6, 6.07) is 6.36. The summed E-state index contributed by atoms with van der Waals surface area (Å²) in [6.07, 6.45) is -3.92. The number of rotatable bonds is 2. The maximum atomic E-state index is 12.7. The fraction of sp³-hybridized carbons (Fsp3) is 0.0909. The second kappa shape index (κ2) is 4.37. The zero-order chi connectivity index (χ0) is 14.3. The zero-order valence-electron chi connectivity index (χ0n) is 9.63. The van der Waals surface area contributed by atoms with E-state index < -0.39 is 12.0 Å². The highest BCUT2D eigenvalue weighted by molar-refractivity contribution is 7.19. The number of aldehydes is 1. The van der Waals surface area contributed by atoms with Crippen molar-refractivity contribution >= 4 is 22.6 Å². The van der Waals surface area contributed by atoms with Crippen LogP contribution in [0.2, 0.25) is 0 Å². The van der Waals surface area contributed by atoms with E-state index in [2.05, 4.69) is 15.3 Å². The van der Waals surface area contributed by atoms with Crippen LogP contribution in [0.25, 0.3) is 15.5 Å². The SMILES string of the molecule is O=Cc1ccc(-c2nn3c(C(F)(F)F)nnc3s2)cc1. The summed E-state index contributed by atoms with van der Waals surface area (Å²) in [7, 11) is 0. The number of alkyl halides is 3. The molecule has 0 amide bonds. The first-order valence-electron chi connectivity index (χ1n) is 5.34. The largest absolute Gasteiger partial charge is 0.453 e. The van der Waals surface area contributed by atoms with Gasteiger partial charge in [-0.3, -0.25) is 4.79 Å². The van der Waals surface area contributed by atoms with Gasteiger partial charge < -0.3 is 0 Å². The lowest BCUT2D eigenvalue weighted by Gasteiger charge is -2.00. The molecule has 5 nitrogen and oxygen atoms in total. The quantitative estimate of drug-likeness (QED) is 0.682. The van der Waals surface area contributed by atoms with Gasteiger partial charge >= 0.3 is 6.18 Å². The molecule has 3 rings (SSSR count). The first-order chi connectivity index (χ1) is 9.49. The van der Waals surface area contributed by atoms with Gasteiger partial charge in [-0.15, -0.1) is 10.2 Å². The number of nitrogens with zero attached hydrogens (tertiary/aromatic N) is 4. The van der Waals surface area contributed by atoms with Crippen LogP contribution in [-0.2, 0) is 6.18 Å². The van der Waals surface area contributed by atoms with Crippen LogP contribution in [0.3, 0.4) is 0 Å². The second-order valence-corrected chi connectivity index (χ2v) is 4.82. The van der Waals surface area contributed by atoms with Crippen molar-refractivity contribution in [1.82, 2.24) is 19.8 Å². The van der Waals surface area contributed by atoms with Crippen LogP contribution in [-0.4, -0.2) is 26.1 Å². The molecule has 20 heavy (non-hydrogen) atoms. The first kappa shape index (κ1) is 12.7. The smallest absolute Gasteiger partial charge is 0.298 e. The Hall–Kier alpha value is -2.29. The summed E-state index contributed by atoms with van der Waals surface area (Å²) >= 11 is 0.991. The summed E-state index contributed by atoms with van der Waals surface area (Å²) < 4.78 is 38.7. The Morgan fingerprint density at radius 2 is 1.85 bits per heavy atom. The van der Waals surface area contributed by atoms with Crippen molar-refractivity contribution in [3.8, 4) is 10.6 Å². The predicted molar refractivity (Wildman–Crippen MR) is 64.5 cm³/mol.